The number of rotatable bonds is 3. The molecule has 0 aromatic carbocycles. The number of carbonyl (C=O) groups excluding carboxylic acids is 2. The van der Waals surface area contributed by atoms with Crippen molar-refractivity contribution in [2.24, 2.45) is 5.92 Å². The highest BCUT2D eigenvalue weighted by Gasteiger charge is 2.31. The Balaban J connectivity index is 1.47. The number of aryl methyl sites for hydroxylation is 2. The third-order valence-corrected chi connectivity index (χ3v) is 6.15. The average Bonchev–Trinajstić information content (AvgIpc) is 3.37. The van der Waals surface area contributed by atoms with Crippen LogP contribution in [0.3, 0.4) is 0 Å². The molecule has 0 atom stereocenters. The number of hydrogen-bond donors (Lipinski definition) is 0. The van der Waals surface area contributed by atoms with E-state index in [0.717, 1.165) is 37.1 Å². The lowest BCUT2D eigenvalue weighted by Crippen LogP contribution is -2.52. The van der Waals surface area contributed by atoms with E-state index in [2.05, 4.69) is 10.1 Å². The molecule has 4 rings (SSSR count). The van der Waals surface area contributed by atoms with Gasteiger partial charge in [0.15, 0.2) is 5.82 Å². The molecule has 0 radical (unpaired) electrons. The maximum absolute atomic E-state index is 13.1. The Morgan fingerprint density at radius 3 is 2.31 bits per heavy atom. The summed E-state index contributed by atoms with van der Waals surface area (Å²) in [6.45, 7) is 5.99. The van der Waals surface area contributed by atoms with Gasteiger partial charge in [0.05, 0.1) is 10.7 Å². The molecule has 7 nitrogen and oxygen atoms in total. The number of aromatic nitrogens is 3. The van der Waals surface area contributed by atoms with E-state index in [9.17, 15) is 9.59 Å². The molecule has 1 aliphatic heterocycles. The number of amides is 2. The van der Waals surface area contributed by atoms with Gasteiger partial charge < -0.3 is 9.80 Å². The average molecular weight is 416 g/mol. The Labute approximate surface area is 175 Å². The van der Waals surface area contributed by atoms with Crippen molar-refractivity contribution >= 4 is 23.4 Å². The zero-order valence-corrected chi connectivity index (χ0v) is 17.7. The summed E-state index contributed by atoms with van der Waals surface area (Å²) >= 11 is 6.30. The molecule has 1 saturated carbocycles. The summed E-state index contributed by atoms with van der Waals surface area (Å²) in [6, 6.07) is 5.41. The summed E-state index contributed by atoms with van der Waals surface area (Å²) in [4.78, 5) is 33.8. The second kappa shape index (κ2) is 8.14. The zero-order valence-electron chi connectivity index (χ0n) is 16.9. The molecule has 8 heteroatoms. The summed E-state index contributed by atoms with van der Waals surface area (Å²) in [5.74, 6) is 0.785. The largest absolute Gasteiger partial charge is 0.339 e. The maximum atomic E-state index is 13.1. The molecule has 0 N–H and O–H groups in total. The molecule has 2 amide bonds. The fourth-order valence-electron chi connectivity index (χ4n) is 4.27. The van der Waals surface area contributed by atoms with Crippen LogP contribution in [0.5, 0.6) is 0 Å². The highest BCUT2D eigenvalue weighted by atomic mass is 35.5. The number of piperazine rings is 1. The Morgan fingerprint density at radius 2 is 1.69 bits per heavy atom. The first-order valence-electron chi connectivity index (χ1n) is 10.2. The van der Waals surface area contributed by atoms with E-state index in [4.69, 9.17) is 11.6 Å². The smallest absolute Gasteiger partial charge is 0.274 e. The standard InChI is InChI=1S/C21H26ClN5O2/c1-14-13-15(2)27(24-14)18-8-7-17(22)19(23-18)21(29)26-11-9-25(10-12-26)20(28)16-5-3-4-6-16/h7-8,13,16H,3-6,9-12H2,1-2H3. The first-order chi connectivity index (χ1) is 13.9. The normalized spacial score (nSPS) is 17.8. The lowest BCUT2D eigenvalue weighted by Gasteiger charge is -2.36. The predicted octanol–water partition coefficient (Wildman–Crippen LogP) is 3.01. The van der Waals surface area contributed by atoms with Crippen LogP contribution >= 0.6 is 11.6 Å². The molecule has 1 aliphatic carbocycles. The molecule has 2 fully saturated rings. The molecule has 2 aromatic heterocycles. The number of halogens is 1. The number of hydrogen-bond acceptors (Lipinski definition) is 4. The van der Waals surface area contributed by atoms with Crippen LogP contribution in [0.25, 0.3) is 5.82 Å². The Kier molecular flexibility index (Phi) is 5.58. The monoisotopic (exact) mass is 415 g/mol. The lowest BCUT2D eigenvalue weighted by molar-refractivity contribution is -0.136. The van der Waals surface area contributed by atoms with Crippen molar-refractivity contribution in [2.75, 3.05) is 26.2 Å². The molecular formula is C21H26ClN5O2. The van der Waals surface area contributed by atoms with Crippen molar-refractivity contribution in [2.45, 2.75) is 39.5 Å². The summed E-state index contributed by atoms with van der Waals surface area (Å²) in [5, 5.41) is 4.76. The van der Waals surface area contributed by atoms with Crippen LogP contribution in [-0.4, -0.2) is 62.6 Å². The van der Waals surface area contributed by atoms with Gasteiger partial charge in [0, 0.05) is 37.8 Å². The molecule has 3 heterocycles. The van der Waals surface area contributed by atoms with Gasteiger partial charge in [-0.25, -0.2) is 9.67 Å². The Bertz CT molecular complexity index is 927. The van der Waals surface area contributed by atoms with Gasteiger partial charge in [-0.05, 0) is 44.9 Å². The van der Waals surface area contributed by atoms with E-state index < -0.39 is 0 Å². The van der Waals surface area contributed by atoms with Crippen LogP contribution in [0.15, 0.2) is 18.2 Å². The number of nitrogens with zero attached hydrogens (tertiary/aromatic N) is 5. The number of carbonyl (C=O) groups is 2. The summed E-state index contributed by atoms with van der Waals surface area (Å²) in [5.41, 5.74) is 2.05. The topological polar surface area (TPSA) is 71.3 Å². The van der Waals surface area contributed by atoms with Gasteiger partial charge in [-0.2, -0.15) is 5.10 Å². The van der Waals surface area contributed by atoms with Crippen molar-refractivity contribution in [1.29, 1.82) is 0 Å². The summed E-state index contributed by atoms with van der Waals surface area (Å²) in [7, 11) is 0. The van der Waals surface area contributed by atoms with E-state index >= 15 is 0 Å². The number of pyridine rings is 1. The minimum absolute atomic E-state index is 0.172. The minimum Gasteiger partial charge on any atom is -0.339 e. The van der Waals surface area contributed by atoms with Crippen LogP contribution in [0.2, 0.25) is 5.02 Å². The molecule has 2 aromatic rings. The zero-order chi connectivity index (χ0) is 20.5. The minimum atomic E-state index is -0.202. The third kappa shape index (κ3) is 4.01. The summed E-state index contributed by atoms with van der Waals surface area (Å²) in [6.07, 6.45) is 4.28. The summed E-state index contributed by atoms with van der Waals surface area (Å²) < 4.78 is 1.71. The van der Waals surface area contributed by atoms with Gasteiger partial charge in [0.2, 0.25) is 5.91 Å². The Hall–Kier alpha value is -2.41. The quantitative estimate of drug-likeness (QED) is 0.772. The van der Waals surface area contributed by atoms with Gasteiger partial charge >= 0.3 is 0 Å². The second-order valence-corrected chi connectivity index (χ2v) is 8.34. The molecule has 0 unspecified atom stereocenters. The Morgan fingerprint density at radius 1 is 1.03 bits per heavy atom. The van der Waals surface area contributed by atoms with Crippen LogP contribution in [-0.2, 0) is 4.79 Å². The first-order valence-corrected chi connectivity index (χ1v) is 10.6. The second-order valence-electron chi connectivity index (χ2n) is 7.94. The predicted molar refractivity (Wildman–Crippen MR) is 110 cm³/mol. The first kappa shape index (κ1) is 19.9. The van der Waals surface area contributed by atoms with Gasteiger partial charge in [0.25, 0.3) is 5.91 Å². The molecule has 0 bridgehead atoms. The van der Waals surface area contributed by atoms with E-state index in [1.54, 1.807) is 21.7 Å². The van der Waals surface area contributed by atoms with Crippen LogP contribution in [0.4, 0.5) is 0 Å². The molecule has 154 valence electrons. The SMILES string of the molecule is Cc1cc(C)n(-c2ccc(Cl)c(C(=O)N3CCN(C(=O)C4CCCC4)CC3)n2)n1. The van der Waals surface area contributed by atoms with Crippen molar-refractivity contribution in [3.63, 3.8) is 0 Å². The van der Waals surface area contributed by atoms with Crippen molar-refractivity contribution in [3.05, 3.63) is 40.3 Å². The van der Waals surface area contributed by atoms with E-state index in [0.29, 0.717) is 37.0 Å². The molecule has 1 saturated heterocycles. The van der Waals surface area contributed by atoms with Gasteiger partial charge in [0.1, 0.15) is 5.69 Å². The van der Waals surface area contributed by atoms with Crippen molar-refractivity contribution < 1.29 is 9.59 Å². The van der Waals surface area contributed by atoms with Crippen LogP contribution in [0.1, 0.15) is 47.6 Å². The van der Waals surface area contributed by atoms with E-state index in [1.165, 1.54) is 0 Å². The van der Waals surface area contributed by atoms with E-state index in [1.807, 2.05) is 24.8 Å². The van der Waals surface area contributed by atoms with Crippen LogP contribution < -0.4 is 0 Å². The molecule has 0 spiro atoms. The highest BCUT2D eigenvalue weighted by Crippen LogP contribution is 2.27. The van der Waals surface area contributed by atoms with E-state index in [-0.39, 0.29) is 23.4 Å². The van der Waals surface area contributed by atoms with Crippen molar-refractivity contribution in [3.8, 4) is 5.82 Å². The van der Waals surface area contributed by atoms with Gasteiger partial charge in [-0.15, -0.1) is 0 Å². The van der Waals surface area contributed by atoms with Gasteiger partial charge in [-0.1, -0.05) is 24.4 Å². The molecule has 29 heavy (non-hydrogen) atoms. The fraction of sp³-hybridized carbons (Fsp3) is 0.524. The fourth-order valence-corrected chi connectivity index (χ4v) is 4.46. The van der Waals surface area contributed by atoms with Crippen LogP contribution in [0, 0.1) is 19.8 Å². The highest BCUT2D eigenvalue weighted by molar-refractivity contribution is 6.33. The van der Waals surface area contributed by atoms with Gasteiger partial charge in [-0.3, -0.25) is 9.59 Å². The molecule has 2 aliphatic rings. The lowest BCUT2D eigenvalue weighted by atomic mass is 10.1. The van der Waals surface area contributed by atoms with Crippen molar-refractivity contribution in [1.82, 2.24) is 24.6 Å². The maximum Gasteiger partial charge on any atom is 0.274 e. The molecular weight excluding hydrogens is 390 g/mol. The third-order valence-electron chi connectivity index (χ3n) is 5.84.